The molecule has 1 aromatic rings. The minimum Gasteiger partial charge on any atom is -0.381 e. The Morgan fingerprint density at radius 2 is 2.19 bits per heavy atom. The first-order valence-electron chi connectivity index (χ1n) is 7.85. The molecule has 2 aliphatic rings. The summed E-state index contributed by atoms with van der Waals surface area (Å²) in [5.74, 6) is 0.685. The van der Waals surface area contributed by atoms with E-state index in [-0.39, 0.29) is 11.9 Å². The lowest BCUT2D eigenvalue weighted by Gasteiger charge is -2.27. The molecule has 5 heteroatoms. The number of nitrogens with zero attached hydrogens (tertiary/aromatic N) is 1. The van der Waals surface area contributed by atoms with Crippen molar-refractivity contribution in [2.24, 2.45) is 5.92 Å². The Labute approximate surface area is 126 Å². The maximum atomic E-state index is 12.3. The molecule has 21 heavy (non-hydrogen) atoms. The normalized spacial score (nSPS) is 24.8. The Kier molecular flexibility index (Phi) is 4.29. The fraction of sp³-hybridized carbons (Fsp3) is 0.562. The lowest BCUT2D eigenvalue weighted by atomic mass is 10.1. The molecular weight excluding hydrogens is 264 g/mol. The number of para-hydroxylation sites is 2. The first-order valence-corrected chi connectivity index (χ1v) is 7.85. The number of fused-ring (bicyclic) bond motifs is 1. The van der Waals surface area contributed by atoms with Crippen LogP contribution in [-0.4, -0.2) is 49.6 Å². The van der Waals surface area contributed by atoms with Crippen molar-refractivity contribution in [1.82, 2.24) is 10.2 Å². The molecule has 2 unspecified atom stereocenters. The van der Waals surface area contributed by atoms with Gasteiger partial charge < -0.3 is 20.9 Å². The van der Waals surface area contributed by atoms with Gasteiger partial charge in [-0.1, -0.05) is 19.1 Å². The van der Waals surface area contributed by atoms with Crippen LogP contribution in [0.3, 0.4) is 0 Å². The van der Waals surface area contributed by atoms with Crippen LogP contribution in [0.25, 0.3) is 0 Å². The number of hydrogen-bond acceptors (Lipinski definition) is 4. The summed E-state index contributed by atoms with van der Waals surface area (Å²) in [4.78, 5) is 14.7. The molecule has 114 valence electrons. The summed E-state index contributed by atoms with van der Waals surface area (Å²) >= 11 is 0. The van der Waals surface area contributed by atoms with Crippen LogP contribution in [0.1, 0.15) is 13.3 Å². The minimum absolute atomic E-state index is 0.0898. The number of rotatable bonds is 4. The van der Waals surface area contributed by atoms with Crippen LogP contribution in [0, 0.1) is 5.92 Å². The average molecular weight is 288 g/mol. The van der Waals surface area contributed by atoms with Gasteiger partial charge in [-0.15, -0.1) is 0 Å². The Hall–Kier alpha value is -1.75. The van der Waals surface area contributed by atoms with E-state index in [1.807, 2.05) is 24.3 Å². The molecule has 0 saturated carbocycles. The van der Waals surface area contributed by atoms with Crippen LogP contribution >= 0.6 is 0 Å². The van der Waals surface area contributed by atoms with Crippen molar-refractivity contribution in [3.05, 3.63) is 24.3 Å². The van der Waals surface area contributed by atoms with Crippen molar-refractivity contribution in [2.75, 3.05) is 43.4 Å². The Morgan fingerprint density at radius 1 is 1.38 bits per heavy atom. The lowest BCUT2D eigenvalue weighted by molar-refractivity contribution is -0.121. The third-order valence-electron chi connectivity index (χ3n) is 4.45. The molecule has 0 spiro atoms. The van der Waals surface area contributed by atoms with Crippen molar-refractivity contribution < 1.29 is 4.79 Å². The lowest BCUT2D eigenvalue weighted by Crippen LogP contribution is -2.47. The van der Waals surface area contributed by atoms with Gasteiger partial charge in [-0.3, -0.25) is 4.79 Å². The summed E-state index contributed by atoms with van der Waals surface area (Å²) in [6.45, 7) is 6.98. The molecule has 0 bridgehead atoms. The third kappa shape index (κ3) is 3.29. The fourth-order valence-electron chi connectivity index (χ4n) is 3.11. The first-order chi connectivity index (χ1) is 10.3. The Morgan fingerprint density at radius 3 is 2.95 bits per heavy atom. The molecule has 0 aromatic heterocycles. The van der Waals surface area contributed by atoms with Crippen LogP contribution < -0.4 is 16.0 Å². The summed E-state index contributed by atoms with van der Waals surface area (Å²) in [5.41, 5.74) is 2.07. The quantitative estimate of drug-likeness (QED) is 0.783. The van der Waals surface area contributed by atoms with E-state index in [2.05, 4.69) is 27.8 Å². The molecule has 5 nitrogen and oxygen atoms in total. The van der Waals surface area contributed by atoms with Crippen LogP contribution in [0.2, 0.25) is 0 Å². The number of carbonyl (C=O) groups excluding carboxylic acids is 1. The van der Waals surface area contributed by atoms with Gasteiger partial charge >= 0.3 is 0 Å². The van der Waals surface area contributed by atoms with Crippen molar-refractivity contribution in [1.29, 1.82) is 0 Å². The molecule has 0 radical (unpaired) electrons. The van der Waals surface area contributed by atoms with Crippen LogP contribution in [0.15, 0.2) is 24.3 Å². The number of amides is 1. The number of hydrogen-bond donors (Lipinski definition) is 3. The third-order valence-corrected chi connectivity index (χ3v) is 4.45. The topological polar surface area (TPSA) is 56.4 Å². The highest BCUT2D eigenvalue weighted by molar-refractivity contribution is 5.88. The van der Waals surface area contributed by atoms with Gasteiger partial charge in [-0.25, -0.2) is 0 Å². The van der Waals surface area contributed by atoms with Crippen LogP contribution in [0.5, 0.6) is 0 Å². The van der Waals surface area contributed by atoms with Crippen molar-refractivity contribution >= 4 is 17.3 Å². The van der Waals surface area contributed by atoms with Gasteiger partial charge in [0, 0.05) is 19.6 Å². The number of carbonyl (C=O) groups is 1. The van der Waals surface area contributed by atoms with E-state index in [1.165, 1.54) is 6.42 Å². The smallest absolute Gasteiger partial charge is 0.244 e. The zero-order chi connectivity index (χ0) is 14.7. The van der Waals surface area contributed by atoms with Crippen molar-refractivity contribution in [3.63, 3.8) is 0 Å². The van der Waals surface area contributed by atoms with Gasteiger partial charge in [0.2, 0.25) is 5.91 Å². The van der Waals surface area contributed by atoms with E-state index in [1.54, 1.807) is 0 Å². The van der Waals surface area contributed by atoms with Crippen molar-refractivity contribution in [3.8, 4) is 0 Å². The molecular formula is C16H24N4O. The predicted octanol–water partition coefficient (Wildman–Crippen LogP) is 1.35. The van der Waals surface area contributed by atoms with Gasteiger partial charge in [0.15, 0.2) is 0 Å². The first kappa shape index (κ1) is 14.2. The number of anilines is 2. The summed E-state index contributed by atoms with van der Waals surface area (Å²) in [6.07, 6.45) is 1.19. The molecule has 2 aliphatic heterocycles. The summed E-state index contributed by atoms with van der Waals surface area (Å²) < 4.78 is 0. The molecule has 2 atom stereocenters. The molecule has 1 saturated heterocycles. The summed E-state index contributed by atoms with van der Waals surface area (Å²) in [6, 6.07) is 7.80. The molecule has 1 amide bonds. The monoisotopic (exact) mass is 288 g/mol. The predicted molar refractivity (Wildman–Crippen MR) is 85.6 cm³/mol. The molecule has 1 fully saturated rings. The second-order valence-corrected chi connectivity index (χ2v) is 5.92. The number of nitrogens with one attached hydrogen (secondary N) is 3. The zero-order valence-electron chi connectivity index (χ0n) is 12.6. The van der Waals surface area contributed by atoms with E-state index in [9.17, 15) is 4.79 Å². The maximum Gasteiger partial charge on any atom is 0.244 e. The highest BCUT2D eigenvalue weighted by Gasteiger charge is 2.25. The zero-order valence-corrected chi connectivity index (χ0v) is 12.6. The molecule has 3 rings (SSSR count). The standard InChI is InChI=1S/C16H24N4O/c1-2-20-8-7-12(11-20)9-18-16(21)15-10-17-13-5-3-4-6-14(13)19-15/h3-6,12,15,17,19H,2,7-11H2,1H3,(H,18,21). The van der Waals surface area contributed by atoms with Gasteiger partial charge in [0.05, 0.1) is 11.4 Å². The Balaban J connectivity index is 1.48. The SMILES string of the molecule is CCN1CCC(CNC(=O)C2CNc3ccccc3N2)C1. The second-order valence-electron chi connectivity index (χ2n) is 5.92. The largest absolute Gasteiger partial charge is 0.381 e. The number of benzene rings is 1. The summed E-state index contributed by atoms with van der Waals surface area (Å²) in [5, 5.41) is 9.71. The minimum atomic E-state index is -0.191. The van der Waals surface area contributed by atoms with Gasteiger partial charge in [0.1, 0.15) is 6.04 Å². The van der Waals surface area contributed by atoms with Crippen LogP contribution in [-0.2, 0) is 4.79 Å². The molecule has 0 aliphatic carbocycles. The van der Waals surface area contributed by atoms with E-state index in [4.69, 9.17) is 0 Å². The van der Waals surface area contributed by atoms with E-state index in [0.717, 1.165) is 37.6 Å². The van der Waals surface area contributed by atoms with E-state index < -0.39 is 0 Å². The maximum absolute atomic E-state index is 12.3. The van der Waals surface area contributed by atoms with E-state index >= 15 is 0 Å². The van der Waals surface area contributed by atoms with Gasteiger partial charge in [0.25, 0.3) is 0 Å². The molecule has 3 N–H and O–H groups in total. The van der Waals surface area contributed by atoms with Crippen LogP contribution in [0.4, 0.5) is 11.4 Å². The van der Waals surface area contributed by atoms with E-state index in [0.29, 0.717) is 12.5 Å². The highest BCUT2D eigenvalue weighted by Crippen LogP contribution is 2.25. The molecule has 2 heterocycles. The average Bonchev–Trinajstić information content (AvgIpc) is 3.00. The number of likely N-dealkylation sites (tertiary alicyclic amines) is 1. The van der Waals surface area contributed by atoms with Gasteiger partial charge in [-0.2, -0.15) is 0 Å². The van der Waals surface area contributed by atoms with Gasteiger partial charge in [-0.05, 0) is 37.6 Å². The van der Waals surface area contributed by atoms with Crippen molar-refractivity contribution in [2.45, 2.75) is 19.4 Å². The highest BCUT2D eigenvalue weighted by atomic mass is 16.2. The summed E-state index contributed by atoms with van der Waals surface area (Å²) in [7, 11) is 0. The molecule has 1 aromatic carbocycles. The second kappa shape index (κ2) is 6.35. The fourth-order valence-corrected chi connectivity index (χ4v) is 3.11. The Bertz CT molecular complexity index is 505.